The highest BCUT2D eigenvalue weighted by Gasteiger charge is 2.26. The summed E-state index contributed by atoms with van der Waals surface area (Å²) in [5.74, 6) is -0.0941. The SMILES string of the molecule is NC(=O)c1ncn2c1N=NN(C1CCCCC1)C2. The highest BCUT2D eigenvalue weighted by molar-refractivity contribution is 5.95. The number of hydrogen-bond donors (Lipinski definition) is 1. The van der Waals surface area contributed by atoms with E-state index < -0.39 is 5.91 Å². The Kier molecular flexibility index (Phi) is 2.73. The van der Waals surface area contributed by atoms with E-state index >= 15 is 0 Å². The van der Waals surface area contributed by atoms with Gasteiger partial charge in [0.1, 0.15) is 6.67 Å². The number of aromatic nitrogens is 2. The summed E-state index contributed by atoms with van der Waals surface area (Å²) in [6.07, 6.45) is 7.73. The smallest absolute Gasteiger partial charge is 0.271 e. The highest BCUT2D eigenvalue weighted by atomic mass is 16.1. The maximum Gasteiger partial charge on any atom is 0.271 e. The maximum absolute atomic E-state index is 11.1. The minimum atomic E-state index is -0.561. The van der Waals surface area contributed by atoms with Gasteiger partial charge in [-0.15, -0.1) is 5.11 Å². The number of imidazole rings is 1. The molecule has 1 saturated carbocycles. The number of nitrogens with two attached hydrogens (primary N) is 1. The molecule has 1 aromatic rings. The quantitative estimate of drug-likeness (QED) is 0.861. The number of nitrogens with zero attached hydrogens (tertiary/aromatic N) is 5. The summed E-state index contributed by atoms with van der Waals surface area (Å²) < 4.78 is 1.82. The third kappa shape index (κ3) is 1.85. The predicted molar refractivity (Wildman–Crippen MR) is 64.0 cm³/mol. The third-order valence-corrected chi connectivity index (χ3v) is 3.59. The van der Waals surface area contributed by atoms with Crippen LogP contribution in [0.15, 0.2) is 16.7 Å². The first-order chi connectivity index (χ1) is 8.75. The van der Waals surface area contributed by atoms with Crippen LogP contribution in [0, 0.1) is 0 Å². The van der Waals surface area contributed by atoms with Crippen molar-refractivity contribution in [2.75, 3.05) is 0 Å². The van der Waals surface area contributed by atoms with Crippen molar-refractivity contribution in [2.45, 2.75) is 44.8 Å². The maximum atomic E-state index is 11.1. The Morgan fingerprint density at radius 3 is 2.83 bits per heavy atom. The Bertz CT molecular complexity index is 488. The van der Waals surface area contributed by atoms with Crippen molar-refractivity contribution in [3.8, 4) is 0 Å². The average molecular weight is 248 g/mol. The number of hydrogen-bond acceptors (Lipinski definition) is 5. The third-order valence-electron chi connectivity index (χ3n) is 3.59. The Hall–Kier alpha value is -1.92. The predicted octanol–water partition coefficient (Wildman–Crippen LogP) is 1.59. The summed E-state index contributed by atoms with van der Waals surface area (Å²) >= 11 is 0. The standard InChI is InChI=1S/C11H16N6O/c12-10(18)9-11-14-15-17(7-16(11)6-13-9)8-4-2-1-3-5-8/h6,8H,1-5,7H2,(H2,12,18). The van der Waals surface area contributed by atoms with E-state index in [1.54, 1.807) is 6.33 Å². The van der Waals surface area contributed by atoms with Gasteiger partial charge in [0.25, 0.3) is 5.91 Å². The van der Waals surface area contributed by atoms with Gasteiger partial charge in [0.2, 0.25) is 0 Å². The second kappa shape index (κ2) is 4.40. The zero-order chi connectivity index (χ0) is 12.5. The van der Waals surface area contributed by atoms with Crippen LogP contribution in [0.5, 0.6) is 0 Å². The van der Waals surface area contributed by atoms with Gasteiger partial charge in [-0.2, -0.15) is 0 Å². The molecule has 0 bridgehead atoms. The summed E-state index contributed by atoms with van der Waals surface area (Å²) in [6, 6.07) is 0.454. The van der Waals surface area contributed by atoms with Crippen LogP contribution < -0.4 is 5.73 Å². The molecule has 0 radical (unpaired) electrons. The normalized spacial score (nSPS) is 19.9. The van der Waals surface area contributed by atoms with Crippen LogP contribution in [0.4, 0.5) is 5.82 Å². The zero-order valence-corrected chi connectivity index (χ0v) is 10.1. The molecule has 1 amide bonds. The molecule has 96 valence electrons. The Balaban J connectivity index is 1.80. The monoisotopic (exact) mass is 248 g/mol. The minimum absolute atomic E-state index is 0.196. The molecule has 2 N–H and O–H groups in total. The van der Waals surface area contributed by atoms with Gasteiger partial charge in [-0.3, -0.25) is 14.4 Å². The van der Waals surface area contributed by atoms with E-state index in [9.17, 15) is 4.79 Å². The van der Waals surface area contributed by atoms with Crippen LogP contribution in [-0.2, 0) is 6.67 Å². The minimum Gasteiger partial charge on any atom is -0.364 e. The lowest BCUT2D eigenvalue weighted by Crippen LogP contribution is -2.35. The molecule has 0 unspecified atom stereocenters. The molecule has 2 heterocycles. The molecule has 0 saturated heterocycles. The lowest BCUT2D eigenvalue weighted by molar-refractivity contribution is 0.0987. The van der Waals surface area contributed by atoms with Crippen molar-refractivity contribution in [3.63, 3.8) is 0 Å². The number of fused-ring (bicyclic) bond motifs is 1. The number of carbonyl (C=O) groups is 1. The van der Waals surface area contributed by atoms with Crippen molar-refractivity contribution in [2.24, 2.45) is 16.1 Å². The van der Waals surface area contributed by atoms with Crippen LogP contribution in [0.3, 0.4) is 0 Å². The molecule has 2 aliphatic rings. The fourth-order valence-electron chi connectivity index (χ4n) is 2.61. The highest BCUT2D eigenvalue weighted by Crippen LogP contribution is 2.29. The molecule has 0 aromatic carbocycles. The lowest BCUT2D eigenvalue weighted by Gasteiger charge is -2.32. The van der Waals surface area contributed by atoms with Gasteiger partial charge in [-0.05, 0) is 12.8 Å². The van der Waals surface area contributed by atoms with Crippen molar-refractivity contribution in [3.05, 3.63) is 12.0 Å². The molecule has 1 aliphatic heterocycles. The van der Waals surface area contributed by atoms with Gasteiger partial charge in [0.15, 0.2) is 11.5 Å². The van der Waals surface area contributed by atoms with Crippen LogP contribution >= 0.6 is 0 Å². The zero-order valence-electron chi connectivity index (χ0n) is 10.1. The molecular formula is C11H16N6O. The fourth-order valence-corrected chi connectivity index (χ4v) is 2.61. The summed E-state index contributed by atoms with van der Waals surface area (Å²) in [7, 11) is 0. The fraction of sp³-hybridized carbons (Fsp3) is 0.636. The Labute approximate surface area is 105 Å². The van der Waals surface area contributed by atoms with Gasteiger partial charge in [-0.1, -0.05) is 24.5 Å². The number of carbonyl (C=O) groups excluding carboxylic acids is 1. The summed E-state index contributed by atoms with van der Waals surface area (Å²) in [4.78, 5) is 15.1. The molecule has 1 aliphatic carbocycles. The first-order valence-electron chi connectivity index (χ1n) is 6.29. The summed E-state index contributed by atoms with van der Waals surface area (Å²) in [6.45, 7) is 0.601. The lowest BCUT2D eigenvalue weighted by atomic mass is 9.95. The van der Waals surface area contributed by atoms with Crippen LogP contribution in [0.1, 0.15) is 42.6 Å². The van der Waals surface area contributed by atoms with E-state index in [2.05, 4.69) is 15.3 Å². The second-order valence-corrected chi connectivity index (χ2v) is 4.81. The second-order valence-electron chi connectivity index (χ2n) is 4.81. The molecule has 1 fully saturated rings. The molecule has 7 heteroatoms. The summed E-state index contributed by atoms with van der Waals surface area (Å²) in [5, 5.41) is 10.3. The van der Waals surface area contributed by atoms with E-state index in [0.717, 1.165) is 12.8 Å². The van der Waals surface area contributed by atoms with E-state index in [1.807, 2.05) is 9.58 Å². The van der Waals surface area contributed by atoms with Crippen molar-refractivity contribution >= 4 is 11.7 Å². The number of primary amides is 1. The largest absolute Gasteiger partial charge is 0.364 e. The van der Waals surface area contributed by atoms with E-state index in [-0.39, 0.29) is 5.69 Å². The van der Waals surface area contributed by atoms with Crippen molar-refractivity contribution in [1.82, 2.24) is 14.6 Å². The van der Waals surface area contributed by atoms with Crippen LogP contribution in [0.2, 0.25) is 0 Å². The Morgan fingerprint density at radius 1 is 1.33 bits per heavy atom. The molecular weight excluding hydrogens is 232 g/mol. The van der Waals surface area contributed by atoms with Gasteiger partial charge in [0.05, 0.1) is 12.4 Å². The first-order valence-corrected chi connectivity index (χ1v) is 6.29. The molecule has 0 spiro atoms. The molecule has 18 heavy (non-hydrogen) atoms. The van der Waals surface area contributed by atoms with E-state index in [4.69, 9.17) is 5.73 Å². The topological polar surface area (TPSA) is 88.9 Å². The van der Waals surface area contributed by atoms with Gasteiger partial charge in [-0.25, -0.2) is 4.98 Å². The van der Waals surface area contributed by atoms with E-state index in [0.29, 0.717) is 18.5 Å². The van der Waals surface area contributed by atoms with Gasteiger partial charge < -0.3 is 5.73 Å². The average Bonchev–Trinajstić information content (AvgIpc) is 2.82. The molecule has 7 nitrogen and oxygen atoms in total. The number of rotatable bonds is 2. The molecule has 3 rings (SSSR count). The molecule has 0 atom stereocenters. The van der Waals surface area contributed by atoms with Crippen molar-refractivity contribution in [1.29, 1.82) is 0 Å². The Morgan fingerprint density at radius 2 is 2.11 bits per heavy atom. The van der Waals surface area contributed by atoms with Crippen LogP contribution in [0.25, 0.3) is 0 Å². The summed E-state index contributed by atoms with van der Waals surface area (Å²) in [5.41, 5.74) is 5.43. The first kappa shape index (κ1) is 11.2. The van der Waals surface area contributed by atoms with Crippen LogP contribution in [-0.4, -0.2) is 26.5 Å². The number of amides is 1. The van der Waals surface area contributed by atoms with Gasteiger partial charge >= 0.3 is 0 Å². The van der Waals surface area contributed by atoms with Gasteiger partial charge in [0, 0.05) is 0 Å². The van der Waals surface area contributed by atoms with Crippen molar-refractivity contribution < 1.29 is 4.79 Å². The molecule has 1 aromatic heterocycles. The van der Waals surface area contributed by atoms with E-state index in [1.165, 1.54) is 19.3 Å².